The van der Waals surface area contributed by atoms with Crippen LogP contribution < -0.4 is 14.2 Å². The maximum Gasteiger partial charge on any atom is 0.163 e. The molecule has 29 heavy (non-hydrogen) atoms. The molecule has 1 aromatic heterocycles. The maximum atomic E-state index is 11.1. The third kappa shape index (κ3) is 4.71. The van der Waals surface area contributed by atoms with Crippen LogP contribution in [0.5, 0.6) is 11.5 Å². The summed E-state index contributed by atoms with van der Waals surface area (Å²) in [6.07, 6.45) is 6.47. The fourth-order valence-corrected chi connectivity index (χ4v) is 4.71. The number of rotatable bonds is 9. The number of methoxy groups -OCH3 is 1. The van der Waals surface area contributed by atoms with Gasteiger partial charge in [-0.2, -0.15) is 0 Å². The van der Waals surface area contributed by atoms with Crippen LogP contribution in [0, 0.1) is 0 Å². The van der Waals surface area contributed by atoms with Crippen LogP contribution in [0.1, 0.15) is 42.5 Å². The minimum absolute atomic E-state index is 0.261. The molecule has 1 aliphatic carbocycles. The summed E-state index contributed by atoms with van der Waals surface area (Å²) in [7, 11) is 1.63. The van der Waals surface area contributed by atoms with Crippen molar-refractivity contribution in [3.63, 3.8) is 0 Å². The highest BCUT2D eigenvalue weighted by Gasteiger charge is 2.21. The minimum Gasteiger partial charge on any atom is -0.760 e. The smallest absolute Gasteiger partial charge is 0.163 e. The number of hydrogen-bond donors (Lipinski definition) is 1. The normalized spacial score (nSPS) is 17.6. The van der Waals surface area contributed by atoms with Gasteiger partial charge in [-0.15, -0.1) is 0 Å². The van der Waals surface area contributed by atoms with Crippen molar-refractivity contribution in [1.29, 1.82) is 0 Å². The van der Waals surface area contributed by atoms with Gasteiger partial charge in [-0.1, -0.05) is 0 Å². The second kappa shape index (κ2) is 9.38. The summed E-state index contributed by atoms with van der Waals surface area (Å²) in [4.78, 5) is 7.32. The lowest BCUT2D eigenvalue weighted by Crippen LogP contribution is -2.22. The Bertz CT molecular complexity index is 899. The molecule has 0 saturated carbocycles. The molecule has 0 spiro atoms. The van der Waals surface area contributed by atoms with E-state index in [1.807, 2.05) is 12.1 Å². The molecule has 1 N–H and O–H groups in total. The third-order valence-corrected chi connectivity index (χ3v) is 6.24. The molecule has 0 radical (unpaired) electrons. The second-order valence-corrected chi connectivity index (χ2v) is 8.45. The van der Waals surface area contributed by atoms with Crippen molar-refractivity contribution in [2.24, 2.45) is 0 Å². The molecule has 7 nitrogen and oxygen atoms in total. The van der Waals surface area contributed by atoms with Crippen molar-refractivity contribution in [3.8, 4) is 11.5 Å². The van der Waals surface area contributed by atoms with E-state index in [2.05, 4.69) is 9.62 Å². The fourth-order valence-electron chi connectivity index (χ4n) is 4.45. The fraction of sp³-hybridized carbons (Fsp3) is 0.571. The Kier molecular flexibility index (Phi) is 6.64. The molecule has 2 aromatic rings. The Morgan fingerprint density at radius 1 is 1.21 bits per heavy atom. The molecule has 2 aliphatic rings. The molecule has 158 valence electrons. The quantitative estimate of drug-likeness (QED) is 0.497. The third-order valence-electron chi connectivity index (χ3n) is 5.86. The number of pyridine rings is 1. The van der Waals surface area contributed by atoms with E-state index in [0.29, 0.717) is 18.1 Å². The maximum absolute atomic E-state index is 11.1. The van der Waals surface area contributed by atoms with E-state index in [0.717, 1.165) is 60.0 Å². The van der Waals surface area contributed by atoms with Crippen LogP contribution in [-0.4, -0.2) is 52.0 Å². The lowest BCUT2D eigenvalue weighted by atomic mass is 10.0. The van der Waals surface area contributed by atoms with Gasteiger partial charge in [0.1, 0.15) is 0 Å². The summed E-state index contributed by atoms with van der Waals surface area (Å²) >= 11 is -2.30. The summed E-state index contributed by atoms with van der Waals surface area (Å²) in [5.74, 6) is 1.35. The highest BCUT2D eigenvalue weighted by atomic mass is 32.2. The lowest BCUT2D eigenvalue weighted by molar-refractivity contribution is 0.254. The molecular formula is C21H28N3O4S-. The van der Waals surface area contributed by atoms with Gasteiger partial charge < -0.3 is 18.9 Å². The van der Waals surface area contributed by atoms with E-state index in [1.165, 1.54) is 25.9 Å². The number of nitrogens with one attached hydrogen (secondary N) is 1. The summed E-state index contributed by atoms with van der Waals surface area (Å²) < 4.78 is 36.2. The summed E-state index contributed by atoms with van der Waals surface area (Å²) in [6.45, 7) is 4.34. The van der Waals surface area contributed by atoms with Gasteiger partial charge in [0, 0.05) is 41.5 Å². The molecule has 0 amide bonds. The lowest BCUT2D eigenvalue weighted by Gasteiger charge is -2.18. The predicted octanol–water partition coefficient (Wildman–Crippen LogP) is 2.48. The summed E-state index contributed by atoms with van der Waals surface area (Å²) in [6, 6.07) is 3.86. The van der Waals surface area contributed by atoms with Crippen molar-refractivity contribution in [1.82, 2.24) is 14.6 Å². The topological polar surface area (TPSA) is 86.8 Å². The first-order valence-corrected chi connectivity index (χ1v) is 11.4. The number of fused-ring (bicyclic) bond motifs is 2. The van der Waals surface area contributed by atoms with Gasteiger partial charge in [-0.05, 0) is 68.8 Å². The first kappa shape index (κ1) is 20.5. The van der Waals surface area contributed by atoms with Gasteiger partial charge in [0.2, 0.25) is 0 Å². The average Bonchev–Trinajstić information content (AvgIpc) is 3.39. The van der Waals surface area contributed by atoms with Crippen molar-refractivity contribution >= 4 is 22.2 Å². The van der Waals surface area contributed by atoms with E-state index in [9.17, 15) is 8.76 Å². The molecule has 1 fully saturated rings. The molecule has 1 aliphatic heterocycles. The number of aromatic nitrogens is 1. The molecule has 1 aromatic carbocycles. The van der Waals surface area contributed by atoms with E-state index >= 15 is 0 Å². The Morgan fingerprint density at radius 3 is 2.79 bits per heavy atom. The van der Waals surface area contributed by atoms with E-state index in [1.54, 1.807) is 7.11 Å². The summed E-state index contributed by atoms with van der Waals surface area (Å²) in [5.41, 5.74) is 4.05. The Morgan fingerprint density at radius 2 is 2.03 bits per heavy atom. The van der Waals surface area contributed by atoms with Crippen LogP contribution in [0.3, 0.4) is 0 Å². The number of benzene rings is 1. The average molecular weight is 419 g/mol. The van der Waals surface area contributed by atoms with Crippen LogP contribution in [0.4, 0.5) is 0 Å². The number of aryl methyl sites for hydroxylation is 1. The Labute approximate surface area is 174 Å². The van der Waals surface area contributed by atoms with Crippen LogP contribution in [0.25, 0.3) is 10.9 Å². The molecular weight excluding hydrogens is 390 g/mol. The molecule has 4 rings (SSSR count). The van der Waals surface area contributed by atoms with Crippen LogP contribution in [0.15, 0.2) is 12.1 Å². The highest BCUT2D eigenvalue weighted by molar-refractivity contribution is 7.77. The highest BCUT2D eigenvalue weighted by Crippen LogP contribution is 2.37. The van der Waals surface area contributed by atoms with Crippen molar-refractivity contribution in [2.45, 2.75) is 45.1 Å². The Balaban J connectivity index is 1.57. The summed E-state index contributed by atoms with van der Waals surface area (Å²) in [5, 5.41) is 0.921. The van der Waals surface area contributed by atoms with Crippen LogP contribution >= 0.6 is 0 Å². The molecule has 0 bridgehead atoms. The number of ether oxygens (including phenoxy) is 2. The van der Waals surface area contributed by atoms with Gasteiger partial charge >= 0.3 is 0 Å². The van der Waals surface area contributed by atoms with Crippen LogP contribution in [-0.2, 0) is 30.7 Å². The zero-order chi connectivity index (χ0) is 20.2. The first-order chi connectivity index (χ1) is 14.2. The molecule has 1 saturated heterocycles. The van der Waals surface area contributed by atoms with E-state index in [4.69, 9.17) is 14.5 Å². The minimum atomic E-state index is -2.30. The molecule has 1 unspecified atom stereocenters. The SMILES string of the molecule is COc1cc2c(CNS(=O)[O-])c3c(nc2cc1OCCCN1CCCC1)CCC3. The van der Waals surface area contributed by atoms with Crippen LogP contribution in [0.2, 0.25) is 0 Å². The van der Waals surface area contributed by atoms with E-state index < -0.39 is 11.3 Å². The van der Waals surface area contributed by atoms with Crippen molar-refractivity contribution < 1.29 is 18.2 Å². The van der Waals surface area contributed by atoms with Crippen molar-refractivity contribution in [3.05, 3.63) is 29.0 Å². The number of nitrogens with zero attached hydrogens (tertiary/aromatic N) is 2. The standard InChI is InChI=1S/C21H29N3O4S/c1-27-20-12-16-17(14-22-29(25)26)15-6-4-7-18(15)23-19(16)13-21(20)28-11-5-10-24-8-2-3-9-24/h12-13,22H,2-11,14H2,1H3,(H,25,26)/p-1. The van der Waals surface area contributed by atoms with Gasteiger partial charge in [0.05, 0.1) is 19.2 Å². The predicted molar refractivity (Wildman–Crippen MR) is 112 cm³/mol. The largest absolute Gasteiger partial charge is 0.760 e. The zero-order valence-corrected chi connectivity index (χ0v) is 17.7. The number of hydrogen-bond acceptors (Lipinski definition) is 6. The molecule has 2 heterocycles. The monoisotopic (exact) mass is 418 g/mol. The Hall–Kier alpha value is -1.74. The van der Waals surface area contributed by atoms with E-state index in [-0.39, 0.29) is 6.54 Å². The van der Waals surface area contributed by atoms with Crippen molar-refractivity contribution in [2.75, 3.05) is 33.4 Å². The van der Waals surface area contributed by atoms with Gasteiger partial charge in [0.25, 0.3) is 0 Å². The van der Waals surface area contributed by atoms with Gasteiger partial charge in [-0.3, -0.25) is 9.19 Å². The van der Waals surface area contributed by atoms with Gasteiger partial charge in [0.15, 0.2) is 11.5 Å². The number of likely N-dealkylation sites (tertiary alicyclic amines) is 1. The first-order valence-electron chi connectivity index (χ1n) is 10.4. The van der Waals surface area contributed by atoms with Gasteiger partial charge in [-0.25, -0.2) is 4.72 Å². The molecule has 1 atom stereocenters. The second-order valence-electron chi connectivity index (χ2n) is 7.70. The molecule has 8 heteroatoms. The zero-order valence-electron chi connectivity index (χ0n) is 16.9.